The highest BCUT2D eigenvalue weighted by Gasteiger charge is 2.32. The van der Waals surface area contributed by atoms with Crippen LogP contribution < -0.4 is 9.47 Å². The number of ether oxygens (including phenoxy) is 2. The van der Waals surface area contributed by atoms with Gasteiger partial charge < -0.3 is 14.5 Å². The van der Waals surface area contributed by atoms with Gasteiger partial charge in [-0.3, -0.25) is 4.79 Å². The van der Waals surface area contributed by atoms with Gasteiger partial charge in [0.2, 0.25) is 0 Å². The number of hydrogen-bond acceptors (Lipinski definition) is 3. The van der Waals surface area contributed by atoms with Crippen molar-refractivity contribution >= 4 is 16.7 Å². The summed E-state index contributed by atoms with van der Waals surface area (Å²) in [7, 11) is 3.21. The molecule has 1 heterocycles. The molecule has 1 aromatic heterocycles. The van der Waals surface area contributed by atoms with Gasteiger partial charge in [0.05, 0.1) is 14.2 Å². The standard InChI is InChI=1S/C20H19NO3/c1-23-18-9-12-7-13(20(22)16(12)10-19(18)24-2)8-14-11-21-17-6-4-3-5-15(14)17/h3-6,9-11,13,21H,7-8H2,1-2H3. The van der Waals surface area contributed by atoms with E-state index in [-0.39, 0.29) is 11.7 Å². The number of fused-ring (bicyclic) bond motifs is 2. The number of aromatic amines is 1. The second-order valence-electron chi connectivity index (χ2n) is 6.19. The zero-order valence-electron chi connectivity index (χ0n) is 13.8. The maximum atomic E-state index is 12.8. The van der Waals surface area contributed by atoms with Crippen molar-refractivity contribution in [3.05, 3.63) is 59.3 Å². The monoisotopic (exact) mass is 321 g/mol. The van der Waals surface area contributed by atoms with Gasteiger partial charge in [0.1, 0.15) is 0 Å². The number of ketones is 1. The largest absolute Gasteiger partial charge is 0.493 e. The SMILES string of the molecule is COc1cc2c(cc1OC)C(=O)C(Cc1c[nH]c3ccccc13)C2. The minimum absolute atomic E-state index is 0.0315. The first-order chi connectivity index (χ1) is 11.7. The Morgan fingerprint density at radius 2 is 1.88 bits per heavy atom. The van der Waals surface area contributed by atoms with Crippen LogP contribution in [0.15, 0.2) is 42.6 Å². The number of benzene rings is 2. The van der Waals surface area contributed by atoms with Gasteiger partial charge in [-0.05, 0) is 42.2 Å². The molecule has 1 aliphatic carbocycles. The van der Waals surface area contributed by atoms with Crippen molar-refractivity contribution in [1.82, 2.24) is 4.98 Å². The van der Waals surface area contributed by atoms with E-state index in [4.69, 9.17) is 9.47 Å². The number of rotatable bonds is 4. The van der Waals surface area contributed by atoms with Gasteiger partial charge in [-0.2, -0.15) is 0 Å². The number of nitrogens with one attached hydrogen (secondary N) is 1. The second kappa shape index (κ2) is 5.71. The summed E-state index contributed by atoms with van der Waals surface area (Å²) in [5, 5.41) is 1.19. The van der Waals surface area contributed by atoms with Crippen molar-refractivity contribution in [3.8, 4) is 11.5 Å². The van der Waals surface area contributed by atoms with Gasteiger partial charge in [0.25, 0.3) is 0 Å². The van der Waals surface area contributed by atoms with Crippen LogP contribution in [0.25, 0.3) is 10.9 Å². The molecule has 0 saturated carbocycles. The molecule has 4 heteroatoms. The van der Waals surface area contributed by atoms with E-state index in [9.17, 15) is 4.79 Å². The molecule has 24 heavy (non-hydrogen) atoms. The van der Waals surface area contributed by atoms with E-state index in [0.717, 1.165) is 29.5 Å². The number of carbonyl (C=O) groups is 1. The topological polar surface area (TPSA) is 51.3 Å². The fourth-order valence-corrected chi connectivity index (χ4v) is 3.63. The fourth-order valence-electron chi connectivity index (χ4n) is 3.63. The summed E-state index contributed by atoms with van der Waals surface area (Å²) in [5.74, 6) is 1.45. The molecule has 0 amide bonds. The van der Waals surface area contributed by atoms with E-state index >= 15 is 0 Å². The maximum Gasteiger partial charge on any atom is 0.167 e. The molecule has 0 saturated heterocycles. The average molecular weight is 321 g/mol. The Balaban J connectivity index is 1.65. The van der Waals surface area contributed by atoms with Crippen molar-refractivity contribution in [1.29, 1.82) is 0 Å². The van der Waals surface area contributed by atoms with Crippen LogP contribution in [-0.4, -0.2) is 25.0 Å². The van der Waals surface area contributed by atoms with Crippen LogP contribution in [-0.2, 0) is 12.8 Å². The molecule has 4 rings (SSSR count). The summed E-state index contributed by atoms with van der Waals surface area (Å²) in [6.07, 6.45) is 3.50. The highest BCUT2D eigenvalue weighted by atomic mass is 16.5. The third-order valence-corrected chi connectivity index (χ3v) is 4.85. The molecule has 2 aromatic carbocycles. The van der Waals surface area contributed by atoms with Crippen molar-refractivity contribution in [2.45, 2.75) is 12.8 Å². The normalized spacial score (nSPS) is 16.4. The predicted octanol–water partition coefficient (Wildman–Crippen LogP) is 3.78. The molecular weight excluding hydrogens is 302 g/mol. The summed E-state index contributed by atoms with van der Waals surface area (Å²) < 4.78 is 10.7. The van der Waals surface area contributed by atoms with Crippen LogP contribution in [0.5, 0.6) is 11.5 Å². The third-order valence-electron chi connectivity index (χ3n) is 4.85. The van der Waals surface area contributed by atoms with E-state index in [1.54, 1.807) is 14.2 Å². The molecule has 1 aliphatic rings. The Bertz CT molecular complexity index is 926. The van der Waals surface area contributed by atoms with Crippen LogP contribution in [0.2, 0.25) is 0 Å². The van der Waals surface area contributed by atoms with E-state index in [1.165, 1.54) is 10.9 Å². The summed E-state index contributed by atoms with van der Waals surface area (Å²) in [4.78, 5) is 16.1. The van der Waals surface area contributed by atoms with Crippen molar-refractivity contribution in [2.75, 3.05) is 14.2 Å². The average Bonchev–Trinajstić information content (AvgIpc) is 3.16. The Kier molecular flexibility index (Phi) is 3.53. The lowest BCUT2D eigenvalue weighted by Gasteiger charge is -2.09. The lowest BCUT2D eigenvalue weighted by Crippen LogP contribution is -2.12. The lowest BCUT2D eigenvalue weighted by molar-refractivity contribution is 0.0936. The first kappa shape index (κ1) is 14.8. The molecule has 4 nitrogen and oxygen atoms in total. The number of methoxy groups -OCH3 is 2. The van der Waals surface area contributed by atoms with Crippen molar-refractivity contribution in [3.63, 3.8) is 0 Å². The van der Waals surface area contributed by atoms with Gasteiger partial charge in [-0.15, -0.1) is 0 Å². The molecule has 0 spiro atoms. The van der Waals surface area contributed by atoms with E-state index in [2.05, 4.69) is 17.1 Å². The first-order valence-corrected chi connectivity index (χ1v) is 8.05. The third kappa shape index (κ3) is 2.26. The molecule has 3 aromatic rings. The van der Waals surface area contributed by atoms with Gasteiger partial charge in [0, 0.05) is 28.6 Å². The van der Waals surface area contributed by atoms with Crippen LogP contribution in [0.1, 0.15) is 21.5 Å². The minimum Gasteiger partial charge on any atom is -0.493 e. The van der Waals surface area contributed by atoms with E-state index in [0.29, 0.717) is 11.5 Å². The minimum atomic E-state index is -0.0315. The summed E-state index contributed by atoms with van der Waals surface area (Å²) in [6.45, 7) is 0. The zero-order valence-corrected chi connectivity index (χ0v) is 13.8. The summed E-state index contributed by atoms with van der Waals surface area (Å²) >= 11 is 0. The smallest absolute Gasteiger partial charge is 0.167 e. The lowest BCUT2D eigenvalue weighted by atomic mass is 9.95. The molecule has 0 bridgehead atoms. The number of H-pyrrole nitrogens is 1. The van der Waals surface area contributed by atoms with Crippen LogP contribution in [0, 0.1) is 5.92 Å². The van der Waals surface area contributed by atoms with Crippen LogP contribution in [0.4, 0.5) is 0 Å². The summed E-state index contributed by atoms with van der Waals surface area (Å²) in [6, 6.07) is 11.9. The van der Waals surface area contributed by atoms with Crippen LogP contribution >= 0.6 is 0 Å². The number of aromatic nitrogens is 1. The highest BCUT2D eigenvalue weighted by Crippen LogP contribution is 2.38. The van der Waals surface area contributed by atoms with E-state index in [1.807, 2.05) is 30.5 Å². The molecule has 1 unspecified atom stereocenters. The van der Waals surface area contributed by atoms with E-state index < -0.39 is 0 Å². The molecule has 0 radical (unpaired) electrons. The maximum absolute atomic E-state index is 12.8. The number of hydrogen-bond donors (Lipinski definition) is 1. The molecule has 0 aliphatic heterocycles. The van der Waals surface area contributed by atoms with Crippen molar-refractivity contribution in [2.24, 2.45) is 5.92 Å². The van der Waals surface area contributed by atoms with Gasteiger partial charge >= 0.3 is 0 Å². The Morgan fingerprint density at radius 1 is 1.12 bits per heavy atom. The zero-order chi connectivity index (χ0) is 16.7. The summed E-state index contributed by atoms with van der Waals surface area (Å²) in [5.41, 5.74) is 4.11. The Labute approximate surface area is 140 Å². The Morgan fingerprint density at radius 3 is 2.67 bits per heavy atom. The highest BCUT2D eigenvalue weighted by molar-refractivity contribution is 6.03. The number of carbonyl (C=O) groups excluding carboxylic acids is 1. The predicted molar refractivity (Wildman–Crippen MR) is 93.1 cm³/mol. The number of para-hydroxylation sites is 1. The molecular formula is C20H19NO3. The van der Waals surface area contributed by atoms with Gasteiger partial charge in [-0.25, -0.2) is 0 Å². The molecule has 1 atom stereocenters. The molecule has 122 valence electrons. The number of Topliss-reactive ketones (excluding diaryl/α,β-unsaturated/α-hetero) is 1. The van der Waals surface area contributed by atoms with Crippen LogP contribution in [0.3, 0.4) is 0 Å². The first-order valence-electron chi connectivity index (χ1n) is 8.05. The quantitative estimate of drug-likeness (QED) is 0.795. The van der Waals surface area contributed by atoms with Gasteiger partial charge in [-0.1, -0.05) is 18.2 Å². The molecule has 0 fully saturated rings. The fraction of sp³-hybridized carbons (Fsp3) is 0.250. The second-order valence-corrected chi connectivity index (χ2v) is 6.19. The molecule has 1 N–H and O–H groups in total. The Hall–Kier alpha value is -2.75. The van der Waals surface area contributed by atoms with Gasteiger partial charge in [0.15, 0.2) is 17.3 Å². The van der Waals surface area contributed by atoms with Crippen molar-refractivity contribution < 1.29 is 14.3 Å².